The number of nitrogens with one attached hydrogen (secondary N) is 1. The molecule has 0 atom stereocenters. The van der Waals surface area contributed by atoms with E-state index in [4.69, 9.17) is 5.73 Å². The third-order valence-electron chi connectivity index (χ3n) is 3.95. The Bertz CT molecular complexity index is 1000. The van der Waals surface area contributed by atoms with Gasteiger partial charge in [-0.05, 0) is 12.1 Å². The molecule has 4 rings (SSSR count). The Morgan fingerprint density at radius 2 is 1.62 bits per heavy atom. The molecule has 0 aliphatic heterocycles. The van der Waals surface area contributed by atoms with E-state index in [0.717, 1.165) is 38.8 Å². The minimum atomic E-state index is 0. The van der Waals surface area contributed by atoms with Crippen molar-refractivity contribution in [3.05, 3.63) is 65.5 Å². The third kappa shape index (κ3) is 3.68. The summed E-state index contributed by atoms with van der Waals surface area (Å²) in [7, 11) is 0. The smallest absolute Gasteiger partial charge is 0.203 e. The van der Waals surface area contributed by atoms with E-state index >= 15 is 0 Å². The highest BCUT2D eigenvalue weighted by molar-refractivity contribution is 7.13. The zero-order chi connectivity index (χ0) is 16.4. The molecule has 0 spiro atoms. The summed E-state index contributed by atoms with van der Waals surface area (Å²) in [6.45, 7) is 1.35. The number of para-hydroxylation sites is 2. The van der Waals surface area contributed by atoms with E-state index in [9.17, 15) is 0 Å². The molecule has 3 N–H and O–H groups in total. The van der Waals surface area contributed by atoms with Gasteiger partial charge in [-0.2, -0.15) is 5.10 Å². The van der Waals surface area contributed by atoms with Crippen LogP contribution < -0.4 is 16.5 Å². The lowest BCUT2D eigenvalue weighted by Crippen LogP contribution is -2.17. The maximum atomic E-state index is 5.84. The molecule has 2 heterocycles. The average Bonchev–Trinajstić information content (AvgIpc) is 3.14. The molecule has 0 aliphatic rings. The number of aromatic nitrogens is 2. The highest BCUT2D eigenvalue weighted by Crippen LogP contribution is 2.19. The number of hydrogen-bond donors (Lipinski definition) is 2. The van der Waals surface area contributed by atoms with E-state index in [2.05, 4.69) is 44.3 Å². The Kier molecular flexibility index (Phi) is 6.99. The van der Waals surface area contributed by atoms with Gasteiger partial charge in [0.25, 0.3) is 0 Å². The first kappa shape index (κ1) is 20.2. The molecular weight excluding hydrogens is 389 g/mol. The maximum absolute atomic E-state index is 5.84. The van der Waals surface area contributed by atoms with Crippen molar-refractivity contribution in [3.8, 4) is 0 Å². The lowest BCUT2D eigenvalue weighted by molar-refractivity contribution is 0.753. The summed E-state index contributed by atoms with van der Waals surface area (Å²) in [5, 5.41) is 10.5. The van der Waals surface area contributed by atoms with Crippen LogP contribution in [0.2, 0.25) is 0 Å². The van der Waals surface area contributed by atoms with Gasteiger partial charge in [0.15, 0.2) is 0 Å². The fourth-order valence-electron chi connectivity index (χ4n) is 2.97. The van der Waals surface area contributed by atoms with Crippen molar-refractivity contribution in [2.24, 2.45) is 10.8 Å². The number of halogens is 2. The first-order valence-corrected chi connectivity index (χ1v) is 8.66. The molecule has 4 aromatic rings. The zero-order valence-electron chi connectivity index (χ0n) is 13.8. The van der Waals surface area contributed by atoms with Gasteiger partial charge in [0.05, 0.1) is 11.0 Å². The van der Waals surface area contributed by atoms with Crippen molar-refractivity contribution in [3.63, 3.8) is 0 Å². The fourth-order valence-corrected chi connectivity index (χ4v) is 3.44. The number of nitrogens with two attached hydrogens (primary N) is 1. The van der Waals surface area contributed by atoms with Crippen LogP contribution in [-0.4, -0.2) is 16.1 Å². The predicted molar refractivity (Wildman–Crippen MR) is 114 cm³/mol. The van der Waals surface area contributed by atoms with Gasteiger partial charge in [0, 0.05) is 35.4 Å². The molecule has 0 amide bonds. The third-order valence-corrected chi connectivity index (χ3v) is 4.63. The van der Waals surface area contributed by atoms with Crippen molar-refractivity contribution in [1.82, 2.24) is 9.55 Å². The van der Waals surface area contributed by atoms with Gasteiger partial charge in [-0.3, -0.25) is 5.43 Å². The summed E-state index contributed by atoms with van der Waals surface area (Å²) in [6.07, 6.45) is 1.76. The molecule has 0 radical (unpaired) electrons. The van der Waals surface area contributed by atoms with Crippen LogP contribution in [0.4, 0.5) is 5.13 Å². The quantitative estimate of drug-likeness (QED) is 0.397. The zero-order valence-corrected chi connectivity index (χ0v) is 16.3. The standard InChI is InChI=1S/C18H17N5S.2ClH/c19-9-11-23-15-7-3-1-5-13(15)17(14-6-2-4-8-16(14)23)21-22-18-20-10-12-24-18;;/h1-8,10,12H,9,11,19H2,(H,20,22);2*1H. The Hall–Kier alpha value is -2.12. The fraction of sp³-hybridized carbons (Fsp3) is 0.111. The van der Waals surface area contributed by atoms with Crippen molar-refractivity contribution < 1.29 is 0 Å². The average molecular weight is 408 g/mol. The molecule has 0 fully saturated rings. The molecular formula is C18H19Cl2N5S. The van der Waals surface area contributed by atoms with Crippen LogP contribution in [0.25, 0.3) is 21.8 Å². The summed E-state index contributed by atoms with van der Waals surface area (Å²) in [5.41, 5.74) is 11.2. The normalized spacial score (nSPS) is 10.2. The lowest BCUT2D eigenvalue weighted by atomic mass is 10.1. The van der Waals surface area contributed by atoms with Gasteiger partial charge >= 0.3 is 0 Å². The summed E-state index contributed by atoms with van der Waals surface area (Å²) in [6, 6.07) is 16.6. The summed E-state index contributed by atoms with van der Waals surface area (Å²) >= 11 is 1.53. The van der Waals surface area contributed by atoms with Crippen LogP contribution in [0.3, 0.4) is 0 Å². The second-order valence-corrected chi connectivity index (χ2v) is 6.28. The number of pyridine rings is 1. The minimum absolute atomic E-state index is 0. The van der Waals surface area contributed by atoms with Crippen molar-refractivity contribution in [1.29, 1.82) is 0 Å². The topological polar surface area (TPSA) is 68.2 Å². The van der Waals surface area contributed by atoms with Crippen LogP contribution in [0.1, 0.15) is 0 Å². The van der Waals surface area contributed by atoms with Gasteiger partial charge in [0.2, 0.25) is 5.13 Å². The Morgan fingerprint density at radius 1 is 1.00 bits per heavy atom. The molecule has 2 aromatic carbocycles. The lowest BCUT2D eigenvalue weighted by Gasteiger charge is -2.15. The molecule has 26 heavy (non-hydrogen) atoms. The van der Waals surface area contributed by atoms with E-state index in [1.165, 1.54) is 11.3 Å². The number of nitrogens with zero attached hydrogens (tertiary/aromatic N) is 3. The maximum Gasteiger partial charge on any atom is 0.203 e. The largest absolute Gasteiger partial charge is 0.339 e. The van der Waals surface area contributed by atoms with Gasteiger partial charge in [-0.25, -0.2) is 4.98 Å². The van der Waals surface area contributed by atoms with Gasteiger partial charge in [-0.1, -0.05) is 36.4 Å². The van der Waals surface area contributed by atoms with E-state index in [0.29, 0.717) is 6.54 Å². The minimum Gasteiger partial charge on any atom is -0.339 e. The molecule has 8 heteroatoms. The summed E-state index contributed by atoms with van der Waals surface area (Å²) in [4.78, 5) is 4.23. The van der Waals surface area contributed by atoms with E-state index in [1.54, 1.807) is 6.20 Å². The van der Waals surface area contributed by atoms with Gasteiger partial charge in [0.1, 0.15) is 5.36 Å². The summed E-state index contributed by atoms with van der Waals surface area (Å²) < 4.78 is 2.26. The van der Waals surface area contributed by atoms with Gasteiger partial charge in [-0.15, -0.1) is 36.2 Å². The van der Waals surface area contributed by atoms with Crippen molar-refractivity contribution in [2.45, 2.75) is 6.54 Å². The van der Waals surface area contributed by atoms with Crippen LogP contribution >= 0.6 is 36.2 Å². The first-order chi connectivity index (χ1) is 11.9. The molecule has 0 aliphatic carbocycles. The number of anilines is 1. The first-order valence-electron chi connectivity index (χ1n) is 7.78. The monoisotopic (exact) mass is 407 g/mol. The number of benzene rings is 2. The molecule has 0 saturated carbocycles. The van der Waals surface area contributed by atoms with Crippen molar-refractivity contribution in [2.75, 3.05) is 12.0 Å². The number of thiazole rings is 1. The van der Waals surface area contributed by atoms with Crippen molar-refractivity contribution >= 4 is 63.1 Å². The van der Waals surface area contributed by atoms with Crippen LogP contribution in [0.5, 0.6) is 0 Å². The molecule has 0 bridgehead atoms. The Morgan fingerprint density at radius 3 is 2.15 bits per heavy atom. The van der Waals surface area contributed by atoms with Crippen LogP contribution in [0.15, 0.2) is 65.2 Å². The molecule has 136 valence electrons. The predicted octanol–water partition coefficient (Wildman–Crippen LogP) is 3.98. The van der Waals surface area contributed by atoms with Crippen LogP contribution in [0, 0.1) is 0 Å². The molecule has 5 nitrogen and oxygen atoms in total. The molecule has 0 saturated heterocycles. The Balaban J connectivity index is 0.00000121. The second kappa shape index (κ2) is 9.00. The second-order valence-electron chi connectivity index (χ2n) is 5.38. The van der Waals surface area contributed by atoms with Gasteiger partial charge < -0.3 is 10.3 Å². The number of hydrogen-bond acceptors (Lipinski definition) is 5. The number of fused-ring (bicyclic) bond motifs is 2. The molecule has 2 aromatic heterocycles. The van der Waals surface area contributed by atoms with Crippen LogP contribution in [-0.2, 0) is 6.54 Å². The summed E-state index contributed by atoms with van der Waals surface area (Å²) in [5.74, 6) is 0. The van der Waals surface area contributed by atoms with E-state index in [-0.39, 0.29) is 24.8 Å². The number of rotatable bonds is 4. The highest BCUT2D eigenvalue weighted by Gasteiger charge is 2.08. The molecule has 0 unspecified atom stereocenters. The van der Waals surface area contributed by atoms with E-state index in [1.807, 2.05) is 29.6 Å². The Labute approximate surface area is 167 Å². The SMILES string of the molecule is Cl.Cl.NCCn1c2ccccc2c(=NNc2nccs2)c2ccccc21. The highest BCUT2D eigenvalue weighted by atomic mass is 35.5. The van der Waals surface area contributed by atoms with E-state index < -0.39 is 0 Å².